The number of nitrogens with one attached hydrogen (secondary N) is 2. The third-order valence-electron chi connectivity index (χ3n) is 3.54. The number of aromatic nitrogens is 1. The van der Waals surface area contributed by atoms with Gasteiger partial charge in [0.15, 0.2) is 0 Å². The van der Waals surface area contributed by atoms with Crippen LogP contribution in [0.4, 0.5) is 0 Å². The highest BCUT2D eigenvalue weighted by molar-refractivity contribution is 5.96. The van der Waals surface area contributed by atoms with Gasteiger partial charge < -0.3 is 10.3 Å². The summed E-state index contributed by atoms with van der Waals surface area (Å²) >= 11 is 0. The second kappa shape index (κ2) is 11.9. The number of carbonyl (C=O) groups excluding carboxylic acids is 1. The van der Waals surface area contributed by atoms with Gasteiger partial charge in [-0.05, 0) is 31.9 Å². The van der Waals surface area contributed by atoms with Gasteiger partial charge in [0, 0.05) is 28.2 Å². The van der Waals surface area contributed by atoms with Crippen LogP contribution >= 0.6 is 0 Å². The summed E-state index contributed by atoms with van der Waals surface area (Å²) in [5, 5.41) is 4.25. The number of amides is 1. The molecule has 0 saturated heterocycles. The van der Waals surface area contributed by atoms with E-state index in [1.165, 1.54) is 10.9 Å². The first-order valence-corrected chi connectivity index (χ1v) is 9.29. The van der Waals surface area contributed by atoms with Crippen LogP contribution in [0.3, 0.4) is 0 Å². The number of aromatic amines is 1. The second-order valence-corrected chi connectivity index (χ2v) is 5.94. The Kier molecular flexibility index (Phi) is 10.7. The summed E-state index contributed by atoms with van der Waals surface area (Å²) < 4.78 is 0. The average Bonchev–Trinajstić information content (AvgIpc) is 3.05. The van der Waals surface area contributed by atoms with Gasteiger partial charge in [0.2, 0.25) is 0 Å². The van der Waals surface area contributed by atoms with E-state index in [4.69, 9.17) is 0 Å². The van der Waals surface area contributed by atoms with Crippen molar-refractivity contribution in [3.05, 3.63) is 73.0 Å². The Morgan fingerprint density at radius 2 is 1.77 bits per heavy atom. The lowest BCUT2D eigenvalue weighted by Crippen LogP contribution is -2.45. The smallest absolute Gasteiger partial charge is 0.251 e. The fourth-order valence-electron chi connectivity index (χ4n) is 2.54. The monoisotopic (exact) mass is 354 g/mol. The number of fused-ring (bicyclic) bond motifs is 1. The number of hydrogen-bond donors (Lipinski definition) is 2. The molecule has 0 atom stereocenters. The number of H-pyrrole nitrogens is 1. The van der Waals surface area contributed by atoms with Crippen LogP contribution in [0.2, 0.25) is 0 Å². The Morgan fingerprint density at radius 1 is 1.15 bits per heavy atom. The van der Waals surface area contributed by atoms with Gasteiger partial charge in [-0.1, -0.05) is 77.3 Å². The lowest BCUT2D eigenvalue weighted by molar-refractivity contribution is -0.118. The molecule has 0 radical (unpaired) electrons. The summed E-state index contributed by atoms with van der Waals surface area (Å²) in [7, 11) is 0. The molecule has 0 spiro atoms. The van der Waals surface area contributed by atoms with Gasteiger partial charge in [0.25, 0.3) is 5.91 Å². The van der Waals surface area contributed by atoms with Crippen molar-refractivity contribution in [3.63, 3.8) is 0 Å². The van der Waals surface area contributed by atoms with E-state index in [-0.39, 0.29) is 11.4 Å². The van der Waals surface area contributed by atoms with Gasteiger partial charge in [0.1, 0.15) is 0 Å². The van der Waals surface area contributed by atoms with Gasteiger partial charge in [-0.2, -0.15) is 0 Å². The third-order valence-corrected chi connectivity index (χ3v) is 3.54. The predicted molar refractivity (Wildman–Crippen MR) is 115 cm³/mol. The van der Waals surface area contributed by atoms with E-state index in [9.17, 15) is 4.79 Å². The standard InChI is InChI=1S/C19H22N2O.2C2H6/c1-5-9-14(6-2)18(22)21-19(3,4)12-15-13-20-17-11-8-7-10-16(15)17;2*1-2/h5-11,13,20H,1-2,12H2,3-4H3,(H,21,22);2*1-2H3/b14-9+;;. The van der Waals surface area contributed by atoms with E-state index >= 15 is 0 Å². The van der Waals surface area contributed by atoms with Gasteiger partial charge in [-0.15, -0.1) is 0 Å². The quantitative estimate of drug-likeness (QED) is 0.488. The van der Waals surface area contributed by atoms with Gasteiger partial charge >= 0.3 is 0 Å². The molecule has 0 fully saturated rings. The van der Waals surface area contributed by atoms with E-state index < -0.39 is 0 Å². The van der Waals surface area contributed by atoms with Crippen molar-refractivity contribution in [2.75, 3.05) is 0 Å². The number of allylic oxidation sites excluding steroid dienone is 2. The molecule has 1 heterocycles. The minimum Gasteiger partial charge on any atom is -0.361 e. The molecular weight excluding hydrogens is 320 g/mol. The molecule has 0 unspecified atom stereocenters. The SMILES string of the molecule is C=C/C=C(\C=C)C(=O)NC(C)(C)Cc1c[nH]c2ccccc12.CC.CC. The maximum atomic E-state index is 12.3. The molecule has 0 aliphatic heterocycles. The fourth-order valence-corrected chi connectivity index (χ4v) is 2.54. The lowest BCUT2D eigenvalue weighted by atomic mass is 9.94. The zero-order valence-electron chi connectivity index (χ0n) is 17.1. The van der Waals surface area contributed by atoms with E-state index in [1.807, 2.05) is 65.9 Å². The van der Waals surface area contributed by atoms with Gasteiger partial charge in [0.05, 0.1) is 0 Å². The molecule has 1 aromatic carbocycles. The van der Waals surface area contributed by atoms with Crippen LogP contribution in [-0.4, -0.2) is 16.4 Å². The summed E-state index contributed by atoms with van der Waals surface area (Å²) in [6.45, 7) is 19.3. The first-order valence-electron chi connectivity index (χ1n) is 9.29. The van der Waals surface area contributed by atoms with Gasteiger partial charge in [-0.3, -0.25) is 4.79 Å². The minimum absolute atomic E-state index is 0.139. The largest absolute Gasteiger partial charge is 0.361 e. The van der Waals surface area contributed by atoms with Crippen molar-refractivity contribution in [1.82, 2.24) is 10.3 Å². The maximum absolute atomic E-state index is 12.3. The van der Waals surface area contributed by atoms with E-state index in [2.05, 4.69) is 29.5 Å². The summed E-state index contributed by atoms with van der Waals surface area (Å²) in [5.41, 5.74) is 2.44. The molecule has 3 heteroatoms. The Labute approximate surface area is 158 Å². The molecule has 3 nitrogen and oxygen atoms in total. The topological polar surface area (TPSA) is 44.9 Å². The Bertz CT molecular complexity index is 736. The normalized spacial score (nSPS) is 10.8. The highest BCUT2D eigenvalue weighted by Gasteiger charge is 2.23. The minimum atomic E-state index is -0.370. The summed E-state index contributed by atoms with van der Waals surface area (Å²) in [4.78, 5) is 15.5. The zero-order valence-corrected chi connectivity index (χ0v) is 17.1. The van der Waals surface area contributed by atoms with Crippen LogP contribution in [0, 0.1) is 0 Å². The van der Waals surface area contributed by atoms with Crippen LogP contribution in [0.15, 0.2) is 67.4 Å². The van der Waals surface area contributed by atoms with Crippen molar-refractivity contribution in [2.24, 2.45) is 0 Å². The molecular formula is C23H34N2O. The summed E-state index contributed by atoms with van der Waals surface area (Å²) in [6, 6.07) is 8.17. The van der Waals surface area contributed by atoms with Crippen molar-refractivity contribution in [1.29, 1.82) is 0 Å². The highest BCUT2D eigenvalue weighted by Crippen LogP contribution is 2.22. The molecule has 1 aromatic heterocycles. The molecule has 2 N–H and O–H groups in total. The van der Waals surface area contributed by atoms with Crippen molar-refractivity contribution in [3.8, 4) is 0 Å². The maximum Gasteiger partial charge on any atom is 0.251 e. The molecule has 0 bridgehead atoms. The Balaban J connectivity index is 0.00000146. The van der Waals surface area contributed by atoms with Crippen LogP contribution in [0.5, 0.6) is 0 Å². The van der Waals surface area contributed by atoms with Crippen LogP contribution in [-0.2, 0) is 11.2 Å². The lowest BCUT2D eigenvalue weighted by Gasteiger charge is -2.26. The van der Waals surface area contributed by atoms with Crippen molar-refractivity contribution in [2.45, 2.75) is 53.5 Å². The molecule has 0 saturated carbocycles. The Hall–Kier alpha value is -2.55. The number of para-hydroxylation sites is 1. The summed E-state index contributed by atoms with van der Waals surface area (Å²) in [5.74, 6) is -0.139. The molecule has 26 heavy (non-hydrogen) atoms. The van der Waals surface area contributed by atoms with Crippen molar-refractivity contribution < 1.29 is 4.79 Å². The molecule has 2 rings (SSSR count). The van der Waals surface area contributed by atoms with Crippen molar-refractivity contribution >= 4 is 16.8 Å². The van der Waals surface area contributed by atoms with E-state index in [0.29, 0.717) is 5.57 Å². The molecule has 0 aliphatic rings. The number of rotatable bonds is 6. The van der Waals surface area contributed by atoms with Crippen LogP contribution < -0.4 is 5.32 Å². The van der Waals surface area contributed by atoms with Crippen LogP contribution in [0.25, 0.3) is 10.9 Å². The zero-order chi connectivity index (χ0) is 20.2. The molecule has 0 aliphatic carbocycles. The molecule has 2 aromatic rings. The number of hydrogen-bond acceptors (Lipinski definition) is 1. The average molecular weight is 355 g/mol. The van der Waals surface area contributed by atoms with E-state index in [1.54, 1.807) is 18.2 Å². The van der Waals surface area contributed by atoms with Crippen LogP contribution in [0.1, 0.15) is 47.1 Å². The first-order chi connectivity index (χ1) is 12.5. The number of benzene rings is 1. The second-order valence-electron chi connectivity index (χ2n) is 5.94. The summed E-state index contributed by atoms with van der Waals surface area (Å²) in [6.07, 6.45) is 7.53. The predicted octanol–water partition coefficient (Wildman–Crippen LogP) is 5.96. The molecule has 1 amide bonds. The first kappa shape index (κ1) is 23.4. The fraction of sp³-hybridized carbons (Fsp3) is 0.348. The van der Waals surface area contributed by atoms with Gasteiger partial charge in [-0.25, -0.2) is 0 Å². The van der Waals surface area contributed by atoms with E-state index in [0.717, 1.165) is 11.9 Å². The highest BCUT2D eigenvalue weighted by atomic mass is 16.1. The third kappa shape index (κ3) is 6.75. The Morgan fingerprint density at radius 3 is 2.35 bits per heavy atom. The molecule has 142 valence electrons. The number of carbonyl (C=O) groups is 1.